The highest BCUT2D eigenvalue weighted by Crippen LogP contribution is 2.39. The first kappa shape index (κ1) is 19.9. The van der Waals surface area contributed by atoms with Crippen LogP contribution >= 0.6 is 11.8 Å². The number of aryl methyl sites for hydroxylation is 1. The fourth-order valence-corrected chi connectivity index (χ4v) is 4.73. The molecule has 1 N–H and O–H groups in total. The second kappa shape index (κ2) is 8.91. The number of carbonyl (C=O) groups excluding carboxylic acids is 3. The average molecular weight is 389 g/mol. The summed E-state index contributed by atoms with van der Waals surface area (Å²) in [5.74, 6) is -0.271. The van der Waals surface area contributed by atoms with Gasteiger partial charge in [0.25, 0.3) is 0 Å². The van der Waals surface area contributed by atoms with Crippen LogP contribution < -0.4 is 5.32 Å². The largest absolute Gasteiger partial charge is 0.324 e. The summed E-state index contributed by atoms with van der Waals surface area (Å²) < 4.78 is 0. The molecular formula is C21H28N2O3S. The molecule has 3 atom stereocenters. The number of hydrogen-bond acceptors (Lipinski definition) is 4. The topological polar surface area (TPSA) is 66.5 Å². The number of carbonyl (C=O) groups is 3. The lowest BCUT2D eigenvalue weighted by Gasteiger charge is -2.26. The van der Waals surface area contributed by atoms with Crippen LogP contribution in [0.5, 0.6) is 0 Å². The number of para-hydroxylation sites is 1. The van der Waals surface area contributed by atoms with Gasteiger partial charge in [-0.15, -0.1) is 0 Å². The summed E-state index contributed by atoms with van der Waals surface area (Å²) in [5, 5.41) is 2.98. The van der Waals surface area contributed by atoms with Crippen LogP contribution in [0.25, 0.3) is 0 Å². The first-order valence-electron chi connectivity index (χ1n) is 9.83. The van der Waals surface area contributed by atoms with E-state index in [1.165, 1.54) is 4.90 Å². The second-order valence-corrected chi connectivity index (χ2v) is 8.33. The predicted molar refractivity (Wildman–Crippen MR) is 109 cm³/mol. The molecule has 1 saturated heterocycles. The molecule has 1 aliphatic carbocycles. The highest BCUT2D eigenvalue weighted by molar-refractivity contribution is 7.98. The standard InChI is InChI=1S/C21H28N2O3S/c1-3-14-8-4-7-11-17(14)22-19(24)18(12-13-27-2)23-20(25)15-9-5-6-10-16(15)21(23)26/h4,7-8,11,15-16,18H,3,5-6,9-10,12-13H2,1-2H3,(H,22,24). The van der Waals surface area contributed by atoms with Crippen molar-refractivity contribution in [1.29, 1.82) is 0 Å². The highest BCUT2D eigenvalue weighted by Gasteiger charge is 2.51. The molecule has 3 rings (SSSR count). The second-order valence-electron chi connectivity index (χ2n) is 7.34. The number of imide groups is 1. The Labute approximate surface area is 165 Å². The monoisotopic (exact) mass is 388 g/mol. The summed E-state index contributed by atoms with van der Waals surface area (Å²) >= 11 is 1.62. The smallest absolute Gasteiger partial charge is 0.247 e. The summed E-state index contributed by atoms with van der Waals surface area (Å²) in [7, 11) is 0. The third-order valence-corrected chi connectivity index (χ3v) is 6.39. The van der Waals surface area contributed by atoms with Gasteiger partial charge in [0.2, 0.25) is 17.7 Å². The number of rotatable bonds is 7. The van der Waals surface area contributed by atoms with Crippen LogP contribution in [0.3, 0.4) is 0 Å². The van der Waals surface area contributed by atoms with E-state index in [-0.39, 0.29) is 29.6 Å². The van der Waals surface area contributed by atoms with Crippen LogP contribution in [0.4, 0.5) is 5.69 Å². The van der Waals surface area contributed by atoms with Crippen molar-refractivity contribution in [2.24, 2.45) is 11.8 Å². The fourth-order valence-electron chi connectivity index (χ4n) is 4.27. The molecule has 3 unspecified atom stereocenters. The molecule has 146 valence electrons. The van der Waals surface area contributed by atoms with Crippen molar-refractivity contribution in [1.82, 2.24) is 4.90 Å². The molecule has 1 heterocycles. The van der Waals surface area contributed by atoms with Gasteiger partial charge in [0.15, 0.2) is 0 Å². The molecule has 6 heteroatoms. The summed E-state index contributed by atoms with van der Waals surface area (Å²) in [4.78, 5) is 40.3. The summed E-state index contributed by atoms with van der Waals surface area (Å²) in [5.41, 5.74) is 1.80. The van der Waals surface area contributed by atoms with Gasteiger partial charge in [-0.1, -0.05) is 38.0 Å². The van der Waals surface area contributed by atoms with Gasteiger partial charge in [-0.3, -0.25) is 19.3 Å². The molecule has 0 aromatic heterocycles. The Balaban J connectivity index is 1.83. The lowest BCUT2D eigenvalue weighted by molar-refractivity contribution is -0.146. The van der Waals surface area contributed by atoms with Crippen LogP contribution in [0, 0.1) is 11.8 Å². The van der Waals surface area contributed by atoms with E-state index >= 15 is 0 Å². The SMILES string of the molecule is CCc1ccccc1NC(=O)C(CCSC)N1C(=O)C2CCCCC2C1=O. The van der Waals surface area contributed by atoms with E-state index in [1.807, 2.05) is 37.4 Å². The predicted octanol–water partition coefficient (Wildman–Crippen LogP) is 3.48. The first-order chi connectivity index (χ1) is 13.1. The van der Waals surface area contributed by atoms with E-state index in [2.05, 4.69) is 5.32 Å². The van der Waals surface area contributed by atoms with Crippen LogP contribution in [0.15, 0.2) is 24.3 Å². The van der Waals surface area contributed by atoms with Crippen molar-refractivity contribution >= 4 is 35.2 Å². The Morgan fingerprint density at radius 1 is 1.19 bits per heavy atom. The van der Waals surface area contributed by atoms with Crippen LogP contribution in [-0.2, 0) is 20.8 Å². The number of benzene rings is 1. The van der Waals surface area contributed by atoms with Crippen LogP contribution in [0.2, 0.25) is 0 Å². The van der Waals surface area contributed by atoms with Gasteiger partial charge < -0.3 is 5.32 Å². The Hall–Kier alpha value is -1.82. The van der Waals surface area contributed by atoms with Crippen molar-refractivity contribution in [3.8, 4) is 0 Å². The lowest BCUT2D eigenvalue weighted by Crippen LogP contribution is -2.48. The van der Waals surface area contributed by atoms with Gasteiger partial charge >= 0.3 is 0 Å². The molecule has 2 aliphatic rings. The number of thioether (sulfide) groups is 1. The third kappa shape index (κ3) is 4.05. The van der Waals surface area contributed by atoms with Crippen molar-refractivity contribution in [2.45, 2.75) is 51.5 Å². The fraction of sp³-hybridized carbons (Fsp3) is 0.571. The number of amides is 3. The Kier molecular flexibility index (Phi) is 6.58. The third-order valence-electron chi connectivity index (χ3n) is 5.74. The normalized spacial score (nSPS) is 23.3. The highest BCUT2D eigenvalue weighted by atomic mass is 32.2. The van der Waals surface area contributed by atoms with Crippen LogP contribution in [-0.4, -0.2) is 40.7 Å². The number of nitrogens with zero attached hydrogens (tertiary/aromatic N) is 1. The maximum absolute atomic E-state index is 13.1. The first-order valence-corrected chi connectivity index (χ1v) is 11.2. The maximum Gasteiger partial charge on any atom is 0.247 e. The molecule has 1 aliphatic heterocycles. The number of hydrogen-bond donors (Lipinski definition) is 1. The average Bonchev–Trinajstić information content (AvgIpc) is 2.94. The summed E-state index contributed by atoms with van der Waals surface area (Å²) in [6, 6.07) is 6.95. The number of nitrogens with one attached hydrogen (secondary N) is 1. The van der Waals surface area contributed by atoms with Gasteiger partial charge in [0.1, 0.15) is 6.04 Å². The molecule has 0 radical (unpaired) electrons. The van der Waals surface area contributed by atoms with Crippen LogP contribution in [0.1, 0.15) is 44.6 Å². The number of likely N-dealkylation sites (tertiary alicyclic amines) is 1. The zero-order chi connectivity index (χ0) is 19.4. The molecule has 3 amide bonds. The summed E-state index contributed by atoms with van der Waals surface area (Å²) in [6.07, 6.45) is 6.76. The van der Waals surface area contributed by atoms with Gasteiger partial charge in [0, 0.05) is 5.69 Å². The Bertz CT molecular complexity index is 697. The van der Waals surface area contributed by atoms with Crippen molar-refractivity contribution in [2.75, 3.05) is 17.3 Å². The van der Waals surface area contributed by atoms with Gasteiger partial charge in [-0.2, -0.15) is 11.8 Å². The maximum atomic E-state index is 13.1. The van der Waals surface area contributed by atoms with Crippen molar-refractivity contribution < 1.29 is 14.4 Å². The molecule has 1 saturated carbocycles. The molecule has 2 fully saturated rings. The van der Waals surface area contributed by atoms with E-state index in [1.54, 1.807) is 11.8 Å². The van der Waals surface area contributed by atoms with Crippen molar-refractivity contribution in [3.05, 3.63) is 29.8 Å². The zero-order valence-corrected chi connectivity index (χ0v) is 16.9. The van der Waals surface area contributed by atoms with E-state index in [9.17, 15) is 14.4 Å². The minimum absolute atomic E-state index is 0.144. The quantitative estimate of drug-likeness (QED) is 0.726. The zero-order valence-electron chi connectivity index (χ0n) is 16.1. The Morgan fingerprint density at radius 3 is 2.41 bits per heavy atom. The number of anilines is 1. The van der Waals surface area contributed by atoms with E-state index < -0.39 is 6.04 Å². The van der Waals surface area contributed by atoms with Crippen molar-refractivity contribution in [3.63, 3.8) is 0 Å². The van der Waals surface area contributed by atoms with E-state index in [0.29, 0.717) is 6.42 Å². The molecule has 0 spiro atoms. The van der Waals surface area contributed by atoms with Gasteiger partial charge in [0.05, 0.1) is 11.8 Å². The molecule has 5 nitrogen and oxygen atoms in total. The van der Waals surface area contributed by atoms with Gasteiger partial charge in [-0.05, 0) is 49.3 Å². The van der Waals surface area contributed by atoms with E-state index in [0.717, 1.165) is 49.1 Å². The summed E-state index contributed by atoms with van der Waals surface area (Å²) in [6.45, 7) is 2.04. The molecular weight excluding hydrogens is 360 g/mol. The molecule has 1 aromatic carbocycles. The van der Waals surface area contributed by atoms with E-state index in [4.69, 9.17) is 0 Å². The molecule has 27 heavy (non-hydrogen) atoms. The molecule has 0 bridgehead atoms. The number of fused-ring (bicyclic) bond motifs is 1. The minimum atomic E-state index is -0.729. The minimum Gasteiger partial charge on any atom is -0.324 e. The molecule has 1 aromatic rings. The van der Waals surface area contributed by atoms with Gasteiger partial charge in [-0.25, -0.2) is 0 Å². The Morgan fingerprint density at radius 2 is 1.81 bits per heavy atom. The lowest BCUT2D eigenvalue weighted by atomic mass is 9.81.